The van der Waals surface area contributed by atoms with E-state index in [0.717, 1.165) is 70.9 Å². The van der Waals surface area contributed by atoms with Gasteiger partial charge in [-0.25, -0.2) is 44.0 Å². The third kappa shape index (κ3) is 21.1. The summed E-state index contributed by atoms with van der Waals surface area (Å²) < 4.78 is 128. The second-order valence-corrected chi connectivity index (χ2v) is 29.4. The number of benzene rings is 4. The van der Waals surface area contributed by atoms with Gasteiger partial charge in [-0.15, -0.1) is 0 Å². The van der Waals surface area contributed by atoms with Crippen LogP contribution in [0.3, 0.4) is 0 Å². The van der Waals surface area contributed by atoms with Crippen LogP contribution in [0, 0.1) is 0 Å². The van der Waals surface area contributed by atoms with Crippen molar-refractivity contribution in [3.63, 3.8) is 0 Å². The molecule has 4 heterocycles. The molecule has 0 saturated carbocycles. The maximum atomic E-state index is 12.9. The first-order valence-electron chi connectivity index (χ1n) is 31.6. The molecule has 4 aliphatic rings. The molecule has 0 spiro atoms. The number of nitrogens with zero attached hydrogens (tertiary/aromatic N) is 4. The fourth-order valence-electron chi connectivity index (χ4n) is 10.8. The van der Waals surface area contributed by atoms with E-state index in [0.29, 0.717) is 57.7 Å². The number of allylic oxidation sites excluding steroid dienone is 4. The van der Waals surface area contributed by atoms with Crippen LogP contribution in [-0.2, 0) is 41.2 Å². The molecule has 0 unspecified atom stereocenters. The van der Waals surface area contributed by atoms with Gasteiger partial charge in [-0.2, -0.15) is 0 Å². The molecule has 510 valence electrons. The summed E-state index contributed by atoms with van der Waals surface area (Å²) in [6.45, 7) is 26.8. The molecule has 0 bridgehead atoms. The van der Waals surface area contributed by atoms with Crippen LogP contribution in [0.25, 0.3) is 68.9 Å². The molecule has 2 N–H and O–H groups in total. The normalized spacial score (nSPS) is 13.0. The second kappa shape index (κ2) is 33.2. The summed E-state index contributed by atoms with van der Waals surface area (Å²) in [6.07, 6.45) is 13.8. The monoisotopic (exact) mass is 1380 g/mol. The molecule has 0 atom stereocenters. The first-order chi connectivity index (χ1) is 44.6. The van der Waals surface area contributed by atoms with Gasteiger partial charge in [0.2, 0.25) is 10.7 Å². The fraction of sp³-hybridized carbons (Fsp3) is 0.380. The summed E-state index contributed by atoms with van der Waals surface area (Å²) >= 11 is 0. The van der Waals surface area contributed by atoms with E-state index >= 15 is 0 Å². The maximum Gasteiger partial charge on any atom is 1.00 e. The van der Waals surface area contributed by atoms with Crippen LogP contribution in [0.1, 0.15) is 129 Å². The SMILES string of the molecule is CCN(CC)c1ccc2c(O)c(/C=C/C=C/c3cc(C(C)(C)C)oc4cc(=[N+](CC)CCCS(=O)(=O)[O-])ccc3-4)c(=O)oc2c1.CCN(CC)c1ccc2c(O)c(/C=C/C=C/c3cc(C(C)(C)C)oc4cc(=[N+](CCCS(=O)(=O)[O-])CCCS(=O)(=O)[O-])ccc3-4)c(=O)oc2c1.[Na+]. The van der Waals surface area contributed by atoms with E-state index in [1.807, 2.05) is 107 Å². The third-order valence-corrected chi connectivity index (χ3v) is 18.3. The quantitative estimate of drug-likeness (QED) is 0.0184. The van der Waals surface area contributed by atoms with E-state index in [-0.39, 0.29) is 90.0 Å². The first-order valence-corrected chi connectivity index (χ1v) is 36.3. The van der Waals surface area contributed by atoms with Gasteiger partial charge in [-0.05, 0) is 106 Å². The number of hydrogen-bond donors (Lipinski definition) is 2. The Kier molecular flexibility index (Phi) is 26.9. The Morgan fingerprint density at radius 2 is 0.812 bits per heavy atom. The molecule has 4 aromatic rings. The van der Waals surface area contributed by atoms with Gasteiger partial charge in [0, 0.05) is 120 Å². The largest absolute Gasteiger partial charge is 1.00 e. The van der Waals surface area contributed by atoms with E-state index < -0.39 is 64.3 Å². The Morgan fingerprint density at radius 3 is 1.15 bits per heavy atom. The Bertz CT molecular complexity index is 4730. The average molecular weight is 1390 g/mol. The van der Waals surface area contributed by atoms with Crippen molar-refractivity contribution in [2.24, 2.45) is 0 Å². The molecule has 0 saturated heterocycles. The predicted molar refractivity (Wildman–Crippen MR) is 373 cm³/mol. The molecule has 8 rings (SSSR count). The number of fused-ring (bicyclic) bond motifs is 4. The molecule has 2 aromatic carbocycles. The molecule has 0 radical (unpaired) electrons. The molecule has 21 nitrogen and oxygen atoms in total. The van der Waals surface area contributed by atoms with Crippen LogP contribution < -0.4 is 70.5 Å². The maximum absolute atomic E-state index is 12.9. The van der Waals surface area contributed by atoms with Gasteiger partial charge in [0.25, 0.3) is 0 Å². The van der Waals surface area contributed by atoms with E-state index in [1.54, 1.807) is 65.3 Å². The van der Waals surface area contributed by atoms with Crippen LogP contribution >= 0.6 is 0 Å². The van der Waals surface area contributed by atoms with E-state index in [1.165, 1.54) is 12.2 Å². The van der Waals surface area contributed by atoms with Gasteiger partial charge in [0.1, 0.15) is 83.0 Å². The van der Waals surface area contributed by atoms with Gasteiger partial charge in [0.15, 0.2) is 0 Å². The minimum Gasteiger partial charge on any atom is -0.748 e. The van der Waals surface area contributed by atoms with Crippen LogP contribution in [0.4, 0.5) is 11.4 Å². The molecule has 25 heteroatoms. The van der Waals surface area contributed by atoms with Crippen molar-refractivity contribution in [2.75, 3.05) is 79.4 Å². The summed E-state index contributed by atoms with van der Waals surface area (Å²) in [7, 11) is -13.2. The Labute approximate surface area is 583 Å². The smallest absolute Gasteiger partial charge is 0.748 e. The standard InChI is InChI=1S/C36H44N2O10S2.C35H42N2O7S.Na/c1-6-37(7-2)26-15-17-29-32(23-26)48-35(40)30(34(29)39)13-9-8-12-25-22-33(36(3,4)5)47-31-24-27(14-16-28(25)31)38(18-10-20-49(41,42)43)19-11-21-50(44,45)46;1-7-36(8-2)25-16-18-28-31(22-25)44-34(39)29(33(28)38)14-11-10-13-24-21-32(35(4,5)6)43-30-23-26(15-17-27(24)30)37(9-3)19-12-20-45(40,41)42;/h8-9,12-17,22-24H,6-7,10-11,18-21H2,1-5H3,(H2,41,42,43,44,45,46);10-11,13-18,21-23H,7-9,12,19-20H2,1-6H3,(H,40,41,42);/q;;+1/p-1. The molecule has 2 aliphatic heterocycles. The van der Waals surface area contributed by atoms with Crippen LogP contribution in [0.2, 0.25) is 0 Å². The zero-order chi connectivity index (χ0) is 69.8. The summed E-state index contributed by atoms with van der Waals surface area (Å²) in [6, 6.07) is 25.8. The van der Waals surface area contributed by atoms with Gasteiger partial charge >= 0.3 is 40.8 Å². The van der Waals surface area contributed by atoms with Crippen LogP contribution in [0.5, 0.6) is 11.5 Å². The molecule has 96 heavy (non-hydrogen) atoms. The van der Waals surface area contributed by atoms with Crippen molar-refractivity contribution in [2.45, 2.75) is 106 Å². The second-order valence-electron chi connectivity index (χ2n) is 24.9. The molecule has 2 aromatic heterocycles. The average Bonchev–Trinajstić information content (AvgIpc) is 0.856. The van der Waals surface area contributed by atoms with Gasteiger partial charge in [0.05, 0.1) is 53.3 Å². The summed E-state index contributed by atoms with van der Waals surface area (Å²) in [5.74, 6) is 0.693. The minimum atomic E-state index is -4.45. The molecule has 2 aliphatic carbocycles. The number of rotatable bonds is 25. The van der Waals surface area contributed by atoms with E-state index in [9.17, 15) is 58.7 Å². The van der Waals surface area contributed by atoms with Gasteiger partial charge in [-0.3, -0.25) is 0 Å². The van der Waals surface area contributed by atoms with Crippen molar-refractivity contribution in [1.82, 2.24) is 9.15 Å². The van der Waals surface area contributed by atoms with Crippen molar-refractivity contribution in [3.05, 3.63) is 175 Å². The van der Waals surface area contributed by atoms with Crippen LogP contribution in [-0.4, -0.2) is 119 Å². The van der Waals surface area contributed by atoms with E-state index in [2.05, 4.69) is 44.4 Å². The first kappa shape index (κ1) is 77.6. The molecule has 0 amide bonds. The predicted octanol–water partition coefficient (Wildman–Crippen LogP) is 7.51. The summed E-state index contributed by atoms with van der Waals surface area (Å²) in [5, 5.41) is 24.2. The molecular formula is C71H85N4NaO17S3. The zero-order valence-electron chi connectivity index (χ0n) is 56.6. The molecule has 0 fully saturated rings. The summed E-state index contributed by atoms with van der Waals surface area (Å²) in [4.78, 5) is 29.9. The molecular weight excluding hydrogens is 1300 g/mol. The number of aromatic hydroxyl groups is 2. The topological polar surface area (TPSA) is 311 Å². The number of hydrogen-bond acceptors (Lipinski definition) is 19. The van der Waals surface area contributed by atoms with Crippen LogP contribution in [0.15, 0.2) is 136 Å². The third-order valence-electron chi connectivity index (χ3n) is 16.0. The van der Waals surface area contributed by atoms with Gasteiger partial charge < -0.3 is 51.3 Å². The van der Waals surface area contributed by atoms with Crippen molar-refractivity contribution >= 4 is 88.0 Å². The fourth-order valence-corrected chi connectivity index (χ4v) is 12.3. The Hall–Kier alpha value is -7.39. The Morgan fingerprint density at radius 1 is 0.469 bits per heavy atom. The Balaban J connectivity index is 0.000000302. The summed E-state index contributed by atoms with van der Waals surface area (Å²) in [5.41, 5.74) is 3.82. The van der Waals surface area contributed by atoms with E-state index in [4.69, 9.17) is 17.7 Å². The van der Waals surface area contributed by atoms with Gasteiger partial charge in [-0.1, -0.05) is 78.0 Å². The van der Waals surface area contributed by atoms with Crippen molar-refractivity contribution in [3.8, 4) is 34.1 Å². The number of anilines is 2. The van der Waals surface area contributed by atoms with Crippen molar-refractivity contribution < 1.29 is 96.4 Å². The minimum absolute atomic E-state index is 0. The zero-order valence-corrected chi connectivity index (χ0v) is 61.1. The van der Waals surface area contributed by atoms with Crippen molar-refractivity contribution in [1.29, 1.82) is 0 Å².